The predicted octanol–water partition coefficient (Wildman–Crippen LogP) is 0.900. The van der Waals surface area contributed by atoms with Crippen molar-refractivity contribution in [1.82, 2.24) is 24.9 Å². The van der Waals surface area contributed by atoms with Gasteiger partial charge >= 0.3 is 0 Å². The molecule has 0 spiro atoms. The zero-order valence-corrected chi connectivity index (χ0v) is 8.70. The van der Waals surface area contributed by atoms with Crippen LogP contribution in [0.1, 0.15) is 31.3 Å². The molecule has 5 heteroatoms. The Balaban J connectivity index is 2.35. The highest BCUT2D eigenvalue weighted by atomic mass is 15.3. The Morgan fingerprint density at radius 2 is 2.29 bits per heavy atom. The second-order valence-electron chi connectivity index (χ2n) is 3.70. The minimum absolute atomic E-state index is 0.407. The number of rotatable bonds is 3. The molecule has 0 aliphatic heterocycles. The maximum Gasteiger partial charge on any atom is 0.250 e. The summed E-state index contributed by atoms with van der Waals surface area (Å²) in [7, 11) is 1.90. The van der Waals surface area contributed by atoms with Gasteiger partial charge < -0.3 is 5.32 Å². The van der Waals surface area contributed by atoms with E-state index in [0.717, 1.165) is 23.8 Å². The van der Waals surface area contributed by atoms with Crippen LogP contribution in [0.5, 0.6) is 0 Å². The summed E-state index contributed by atoms with van der Waals surface area (Å²) in [6, 6.07) is 0. The molecule has 0 atom stereocenters. The van der Waals surface area contributed by atoms with Crippen molar-refractivity contribution in [2.24, 2.45) is 0 Å². The van der Waals surface area contributed by atoms with Crippen molar-refractivity contribution in [3.8, 4) is 0 Å². The van der Waals surface area contributed by atoms with Crippen molar-refractivity contribution in [2.75, 3.05) is 7.05 Å². The number of hydrogen-bond acceptors (Lipinski definition) is 3. The number of H-pyrrole nitrogens is 1. The van der Waals surface area contributed by atoms with Crippen LogP contribution in [0, 0.1) is 0 Å². The van der Waals surface area contributed by atoms with E-state index in [2.05, 4.69) is 34.2 Å². The molecule has 0 amide bonds. The molecular formula is C9H15N5. The third kappa shape index (κ3) is 1.50. The summed E-state index contributed by atoms with van der Waals surface area (Å²) in [6.07, 6.45) is 1.96. The first-order valence-corrected chi connectivity index (χ1v) is 4.79. The van der Waals surface area contributed by atoms with Gasteiger partial charge in [0.25, 0.3) is 5.78 Å². The summed E-state index contributed by atoms with van der Waals surface area (Å²) >= 11 is 0. The lowest BCUT2D eigenvalue weighted by Crippen LogP contribution is -2.05. The topological polar surface area (TPSA) is 58.0 Å². The Morgan fingerprint density at radius 3 is 2.86 bits per heavy atom. The van der Waals surface area contributed by atoms with E-state index in [1.807, 2.05) is 17.8 Å². The van der Waals surface area contributed by atoms with Crippen LogP contribution in [0.25, 0.3) is 5.78 Å². The average Bonchev–Trinajstić information content (AvgIpc) is 2.61. The van der Waals surface area contributed by atoms with E-state index in [-0.39, 0.29) is 0 Å². The van der Waals surface area contributed by atoms with Crippen molar-refractivity contribution in [1.29, 1.82) is 0 Å². The number of aromatic amines is 1. The molecular weight excluding hydrogens is 178 g/mol. The maximum atomic E-state index is 4.38. The molecule has 5 nitrogen and oxygen atoms in total. The molecule has 0 saturated carbocycles. The van der Waals surface area contributed by atoms with E-state index >= 15 is 0 Å². The van der Waals surface area contributed by atoms with E-state index in [9.17, 15) is 0 Å². The van der Waals surface area contributed by atoms with Gasteiger partial charge in [0.05, 0.1) is 11.9 Å². The van der Waals surface area contributed by atoms with E-state index in [4.69, 9.17) is 0 Å². The van der Waals surface area contributed by atoms with Crippen molar-refractivity contribution in [3.05, 3.63) is 17.7 Å². The summed E-state index contributed by atoms with van der Waals surface area (Å²) < 4.78 is 1.86. The average molecular weight is 193 g/mol. The van der Waals surface area contributed by atoms with Gasteiger partial charge in [-0.1, -0.05) is 13.8 Å². The molecule has 0 unspecified atom stereocenters. The van der Waals surface area contributed by atoms with Crippen LogP contribution in [0.15, 0.2) is 6.20 Å². The van der Waals surface area contributed by atoms with Crippen LogP contribution in [0.3, 0.4) is 0 Å². The standard InChI is InChI=1S/C9H15N5/c1-6(2)8-12-9-11-7(4-10-3)5-14(9)13-8/h5-6,10H,4H2,1-3H3,(H,11,12,13). The fraction of sp³-hybridized carbons (Fsp3) is 0.556. The number of aromatic nitrogens is 4. The third-order valence-corrected chi connectivity index (χ3v) is 2.10. The molecule has 2 aromatic heterocycles. The molecule has 76 valence electrons. The molecule has 2 rings (SSSR count). The highest BCUT2D eigenvalue weighted by Crippen LogP contribution is 2.10. The van der Waals surface area contributed by atoms with Gasteiger partial charge in [0.1, 0.15) is 5.82 Å². The number of nitrogens with zero attached hydrogens (tertiary/aromatic N) is 3. The molecule has 2 heterocycles. The first-order valence-electron chi connectivity index (χ1n) is 4.79. The Bertz CT molecular complexity index is 394. The zero-order chi connectivity index (χ0) is 10.1. The van der Waals surface area contributed by atoms with Gasteiger partial charge in [-0.25, -0.2) is 9.50 Å². The monoisotopic (exact) mass is 193 g/mol. The third-order valence-electron chi connectivity index (χ3n) is 2.10. The van der Waals surface area contributed by atoms with Crippen LogP contribution >= 0.6 is 0 Å². The largest absolute Gasteiger partial charge is 0.314 e. The molecule has 0 aliphatic carbocycles. The van der Waals surface area contributed by atoms with E-state index in [1.54, 1.807) is 0 Å². The van der Waals surface area contributed by atoms with E-state index in [1.165, 1.54) is 0 Å². The number of imidazole rings is 1. The Labute approximate surface area is 82.5 Å². The van der Waals surface area contributed by atoms with Crippen LogP contribution in [0.2, 0.25) is 0 Å². The van der Waals surface area contributed by atoms with Crippen molar-refractivity contribution in [3.63, 3.8) is 0 Å². The summed E-state index contributed by atoms with van der Waals surface area (Å²) in [5, 5.41) is 6.24. The Hall–Kier alpha value is -1.36. The fourth-order valence-corrected chi connectivity index (χ4v) is 1.36. The highest BCUT2D eigenvalue weighted by Gasteiger charge is 2.08. The summed E-state index contributed by atoms with van der Waals surface area (Å²) in [6.45, 7) is 4.98. The second kappa shape index (κ2) is 3.42. The van der Waals surface area contributed by atoms with Crippen molar-refractivity contribution in [2.45, 2.75) is 26.3 Å². The summed E-state index contributed by atoms with van der Waals surface area (Å²) in [4.78, 5) is 8.75. The van der Waals surface area contributed by atoms with Crippen molar-refractivity contribution >= 4 is 5.78 Å². The van der Waals surface area contributed by atoms with Gasteiger partial charge in [-0.15, -0.1) is 0 Å². The van der Waals surface area contributed by atoms with Gasteiger partial charge in [-0.2, -0.15) is 4.98 Å². The quantitative estimate of drug-likeness (QED) is 0.761. The number of hydrogen-bond donors (Lipinski definition) is 2. The molecule has 0 saturated heterocycles. The predicted molar refractivity (Wildman–Crippen MR) is 54.2 cm³/mol. The molecule has 0 aromatic carbocycles. The molecule has 0 bridgehead atoms. The first kappa shape index (κ1) is 9.21. The first-order chi connectivity index (χ1) is 6.70. The minimum Gasteiger partial charge on any atom is -0.314 e. The number of nitrogens with one attached hydrogen (secondary N) is 2. The second-order valence-corrected chi connectivity index (χ2v) is 3.70. The van der Waals surface area contributed by atoms with E-state index < -0.39 is 0 Å². The summed E-state index contributed by atoms with van der Waals surface area (Å²) in [5.74, 6) is 2.13. The van der Waals surface area contributed by atoms with Gasteiger partial charge in [-0.3, -0.25) is 5.10 Å². The highest BCUT2D eigenvalue weighted by molar-refractivity contribution is 5.29. The van der Waals surface area contributed by atoms with Gasteiger partial charge in [0.15, 0.2) is 0 Å². The summed E-state index contributed by atoms with van der Waals surface area (Å²) in [5.41, 5.74) is 1.00. The maximum absolute atomic E-state index is 4.38. The minimum atomic E-state index is 0.407. The van der Waals surface area contributed by atoms with Crippen LogP contribution in [-0.4, -0.2) is 26.6 Å². The smallest absolute Gasteiger partial charge is 0.250 e. The molecule has 0 aliphatic rings. The number of fused-ring (bicyclic) bond motifs is 1. The molecule has 2 N–H and O–H groups in total. The molecule has 2 aromatic rings. The molecule has 0 fully saturated rings. The van der Waals surface area contributed by atoms with Crippen LogP contribution in [-0.2, 0) is 6.54 Å². The van der Waals surface area contributed by atoms with Gasteiger partial charge in [-0.05, 0) is 7.05 Å². The lowest BCUT2D eigenvalue weighted by molar-refractivity contribution is 0.757. The molecule has 14 heavy (non-hydrogen) atoms. The lowest BCUT2D eigenvalue weighted by Gasteiger charge is -1.96. The van der Waals surface area contributed by atoms with Gasteiger partial charge in [0.2, 0.25) is 0 Å². The van der Waals surface area contributed by atoms with Crippen LogP contribution in [0.4, 0.5) is 0 Å². The SMILES string of the molecule is CNCc1cn2[nH]c(C(C)C)nc2n1. The fourth-order valence-electron chi connectivity index (χ4n) is 1.36. The van der Waals surface area contributed by atoms with Gasteiger partial charge in [0, 0.05) is 12.5 Å². The van der Waals surface area contributed by atoms with Crippen molar-refractivity contribution < 1.29 is 0 Å². The Morgan fingerprint density at radius 1 is 1.50 bits per heavy atom. The van der Waals surface area contributed by atoms with E-state index in [0.29, 0.717) is 5.92 Å². The van der Waals surface area contributed by atoms with Crippen LogP contribution < -0.4 is 5.32 Å². The normalized spacial score (nSPS) is 11.7. The molecule has 0 radical (unpaired) electrons. The Kier molecular flexibility index (Phi) is 2.25. The lowest BCUT2D eigenvalue weighted by atomic mass is 10.2. The zero-order valence-electron chi connectivity index (χ0n) is 8.70.